The highest BCUT2D eigenvalue weighted by Crippen LogP contribution is 2.42. The molecule has 2 aliphatic rings. The van der Waals surface area contributed by atoms with E-state index in [4.69, 9.17) is 9.47 Å². The molecule has 1 aromatic rings. The van der Waals surface area contributed by atoms with Crippen LogP contribution in [0.2, 0.25) is 0 Å². The minimum absolute atomic E-state index is 0.0723. The molecule has 0 saturated heterocycles. The maximum Gasteiger partial charge on any atom is 0.204 e. The molecule has 0 atom stereocenters. The van der Waals surface area contributed by atoms with E-state index in [0.717, 1.165) is 17.8 Å². The second-order valence-corrected chi connectivity index (χ2v) is 9.58. The number of unbranched alkanes of at least 4 members (excludes halogenated alkanes) is 2. The van der Waals surface area contributed by atoms with E-state index in [2.05, 4.69) is 13.0 Å². The van der Waals surface area contributed by atoms with Gasteiger partial charge in [-0.15, -0.1) is 0 Å². The maximum atomic E-state index is 13.9. The molecule has 2 aliphatic carbocycles. The molecule has 2 fully saturated rings. The van der Waals surface area contributed by atoms with Crippen molar-refractivity contribution in [2.45, 2.75) is 84.0 Å². The molecule has 0 aliphatic heterocycles. The lowest BCUT2D eigenvalue weighted by molar-refractivity contribution is 0.151. The molecule has 1 aromatic carbocycles. The first kappa shape index (κ1) is 24.1. The molecule has 4 heteroatoms. The van der Waals surface area contributed by atoms with Gasteiger partial charge in [0.05, 0.1) is 7.11 Å². The summed E-state index contributed by atoms with van der Waals surface area (Å²) in [6.45, 7) is 2.54. The Morgan fingerprint density at radius 3 is 2.13 bits per heavy atom. The maximum absolute atomic E-state index is 13.9. The lowest BCUT2D eigenvalue weighted by Gasteiger charge is -2.37. The number of rotatable bonds is 10. The van der Waals surface area contributed by atoms with E-state index < -0.39 is 11.6 Å². The first-order chi connectivity index (χ1) is 15.1. The van der Waals surface area contributed by atoms with E-state index in [-0.39, 0.29) is 18.1 Å². The van der Waals surface area contributed by atoms with Crippen LogP contribution in [-0.4, -0.2) is 13.7 Å². The van der Waals surface area contributed by atoms with Crippen molar-refractivity contribution in [3.63, 3.8) is 0 Å². The Morgan fingerprint density at radius 2 is 1.48 bits per heavy atom. The van der Waals surface area contributed by atoms with Crippen LogP contribution in [0.5, 0.6) is 11.5 Å². The third-order valence-electron chi connectivity index (χ3n) is 7.57. The van der Waals surface area contributed by atoms with Crippen LogP contribution in [0.25, 0.3) is 0 Å². The molecule has 3 rings (SSSR count). The summed E-state index contributed by atoms with van der Waals surface area (Å²) in [5.74, 6) is 1.26. The predicted molar refractivity (Wildman–Crippen MR) is 123 cm³/mol. The molecule has 2 nitrogen and oxygen atoms in total. The van der Waals surface area contributed by atoms with Gasteiger partial charge in [-0.1, -0.05) is 57.6 Å². The number of hydrogen-bond acceptors (Lipinski definition) is 2. The second-order valence-electron chi connectivity index (χ2n) is 9.58. The van der Waals surface area contributed by atoms with Gasteiger partial charge in [-0.05, 0) is 74.3 Å². The average Bonchev–Trinajstić information content (AvgIpc) is 2.80. The Morgan fingerprint density at radius 1 is 0.871 bits per heavy atom. The Labute approximate surface area is 187 Å². The topological polar surface area (TPSA) is 18.5 Å². The van der Waals surface area contributed by atoms with Crippen LogP contribution in [0.4, 0.5) is 8.78 Å². The van der Waals surface area contributed by atoms with E-state index in [9.17, 15) is 8.78 Å². The minimum atomic E-state index is -1.00. The van der Waals surface area contributed by atoms with Crippen LogP contribution >= 0.6 is 0 Å². The molecule has 0 N–H and O–H groups in total. The summed E-state index contributed by atoms with van der Waals surface area (Å²) in [4.78, 5) is 0. The number of methoxy groups -OCH3 is 1. The molecule has 0 radical (unpaired) electrons. The Kier molecular flexibility index (Phi) is 9.67. The number of hydrogen-bond donors (Lipinski definition) is 0. The number of allylic oxidation sites excluding steroid dienone is 1. The van der Waals surface area contributed by atoms with Crippen LogP contribution in [0, 0.1) is 35.3 Å². The number of benzene rings is 1. The minimum Gasteiger partial charge on any atom is -0.494 e. The molecular formula is C27H40F2O2. The highest BCUT2D eigenvalue weighted by molar-refractivity contribution is 5.35. The summed E-state index contributed by atoms with van der Waals surface area (Å²) in [7, 11) is 1.31. The SMILES string of the molecule is CCCCCC1CCC(C2CCC(C=CCOc3ccc(OC)c(F)c3F)CC2)CC1. The molecule has 0 bridgehead atoms. The van der Waals surface area contributed by atoms with Gasteiger partial charge in [0.1, 0.15) is 6.61 Å². The highest BCUT2D eigenvalue weighted by Gasteiger charge is 2.30. The molecular weight excluding hydrogens is 394 g/mol. The summed E-state index contributed by atoms with van der Waals surface area (Å²) < 4.78 is 37.9. The molecule has 0 spiro atoms. The highest BCUT2D eigenvalue weighted by atomic mass is 19.2. The van der Waals surface area contributed by atoms with Gasteiger partial charge in [-0.3, -0.25) is 0 Å². The Hall–Kier alpha value is -1.58. The van der Waals surface area contributed by atoms with Crippen molar-refractivity contribution in [1.82, 2.24) is 0 Å². The van der Waals surface area contributed by atoms with E-state index in [1.54, 1.807) is 0 Å². The van der Waals surface area contributed by atoms with Crippen LogP contribution in [0.15, 0.2) is 24.3 Å². The first-order valence-corrected chi connectivity index (χ1v) is 12.4. The zero-order valence-corrected chi connectivity index (χ0v) is 19.4. The monoisotopic (exact) mass is 434 g/mol. The van der Waals surface area contributed by atoms with Crippen molar-refractivity contribution in [3.8, 4) is 11.5 Å². The van der Waals surface area contributed by atoms with E-state index >= 15 is 0 Å². The smallest absolute Gasteiger partial charge is 0.204 e. The predicted octanol–water partition coefficient (Wildman–Crippen LogP) is 8.10. The van der Waals surface area contributed by atoms with Gasteiger partial charge < -0.3 is 9.47 Å². The third kappa shape index (κ3) is 6.95. The lowest BCUT2D eigenvalue weighted by atomic mass is 9.68. The summed E-state index contributed by atoms with van der Waals surface area (Å²) in [6.07, 6.45) is 20.7. The van der Waals surface area contributed by atoms with Crippen molar-refractivity contribution in [2.24, 2.45) is 23.7 Å². The summed E-state index contributed by atoms with van der Waals surface area (Å²) in [5, 5.41) is 0. The van der Waals surface area contributed by atoms with Crippen LogP contribution in [-0.2, 0) is 0 Å². The van der Waals surface area contributed by atoms with Crippen LogP contribution in [0.3, 0.4) is 0 Å². The fourth-order valence-corrected chi connectivity index (χ4v) is 5.61. The van der Waals surface area contributed by atoms with E-state index in [0.29, 0.717) is 5.92 Å². The van der Waals surface area contributed by atoms with Gasteiger partial charge in [-0.2, -0.15) is 8.78 Å². The Balaban J connectivity index is 1.34. The van der Waals surface area contributed by atoms with Gasteiger partial charge in [0, 0.05) is 0 Å². The zero-order chi connectivity index (χ0) is 22.1. The fraction of sp³-hybridized carbons (Fsp3) is 0.704. The molecule has 31 heavy (non-hydrogen) atoms. The third-order valence-corrected chi connectivity index (χ3v) is 7.57. The van der Waals surface area contributed by atoms with E-state index in [1.165, 1.54) is 96.3 Å². The van der Waals surface area contributed by atoms with Crippen molar-refractivity contribution < 1.29 is 18.3 Å². The normalized spacial score (nSPS) is 26.8. The molecule has 0 heterocycles. The van der Waals surface area contributed by atoms with Gasteiger partial charge in [-0.25, -0.2) is 0 Å². The second kappa shape index (κ2) is 12.5. The van der Waals surface area contributed by atoms with Gasteiger partial charge in [0.15, 0.2) is 11.5 Å². The summed E-state index contributed by atoms with van der Waals surface area (Å²) in [5.41, 5.74) is 0. The Bertz CT molecular complexity index is 687. The van der Waals surface area contributed by atoms with Crippen molar-refractivity contribution in [1.29, 1.82) is 0 Å². The van der Waals surface area contributed by atoms with Crippen LogP contribution in [0.1, 0.15) is 84.0 Å². The van der Waals surface area contributed by atoms with Gasteiger partial charge in [0.25, 0.3) is 0 Å². The van der Waals surface area contributed by atoms with E-state index in [1.807, 2.05) is 6.08 Å². The average molecular weight is 435 g/mol. The standard InChI is InChI=1S/C27H40F2O2/c1-3-4-5-7-20-9-13-22(14-10-20)23-15-11-21(12-16-23)8-6-19-31-25-18-17-24(30-2)26(28)27(25)29/h6,8,17-18,20-23H,3-5,7,9-16,19H2,1-2H3. The van der Waals surface area contributed by atoms with Gasteiger partial charge in [0.2, 0.25) is 11.6 Å². The lowest BCUT2D eigenvalue weighted by Crippen LogP contribution is -2.25. The zero-order valence-electron chi connectivity index (χ0n) is 19.4. The quantitative estimate of drug-likeness (QED) is 0.273. The van der Waals surface area contributed by atoms with Crippen molar-refractivity contribution in [2.75, 3.05) is 13.7 Å². The molecule has 174 valence electrons. The van der Waals surface area contributed by atoms with Gasteiger partial charge >= 0.3 is 0 Å². The summed E-state index contributed by atoms with van der Waals surface area (Å²) >= 11 is 0. The largest absolute Gasteiger partial charge is 0.494 e. The van der Waals surface area contributed by atoms with Crippen LogP contribution < -0.4 is 9.47 Å². The fourth-order valence-electron chi connectivity index (χ4n) is 5.61. The summed E-state index contributed by atoms with van der Waals surface area (Å²) in [6, 6.07) is 2.80. The van der Waals surface area contributed by atoms with Crippen molar-refractivity contribution >= 4 is 0 Å². The first-order valence-electron chi connectivity index (χ1n) is 12.4. The molecule has 2 saturated carbocycles. The van der Waals surface area contributed by atoms with Crippen molar-refractivity contribution in [3.05, 3.63) is 35.9 Å². The number of halogens is 2. The molecule has 0 aromatic heterocycles. The number of ether oxygens (including phenoxy) is 2. The molecule has 0 amide bonds. The molecule has 0 unspecified atom stereocenters.